The first-order valence-corrected chi connectivity index (χ1v) is 11.3. The van der Waals surface area contributed by atoms with Crippen molar-refractivity contribution in [1.29, 1.82) is 0 Å². The van der Waals surface area contributed by atoms with Gasteiger partial charge in [0, 0.05) is 26.8 Å². The van der Waals surface area contributed by atoms with Gasteiger partial charge < -0.3 is 9.30 Å². The van der Waals surface area contributed by atoms with E-state index in [1.54, 1.807) is 7.11 Å². The smallest absolute Gasteiger partial charge is 0.143 e. The van der Waals surface area contributed by atoms with Gasteiger partial charge >= 0.3 is 0 Å². The molecule has 0 fully saturated rings. The molecule has 0 saturated carbocycles. The Morgan fingerprint density at radius 2 is 1.80 bits per heavy atom. The predicted molar refractivity (Wildman–Crippen MR) is 132 cm³/mol. The molecule has 2 heterocycles. The van der Waals surface area contributed by atoms with Crippen molar-refractivity contribution < 1.29 is 4.74 Å². The van der Waals surface area contributed by atoms with Crippen LogP contribution in [0.5, 0.6) is 5.75 Å². The number of fused-ring (bicyclic) bond motifs is 1. The molecular weight excluding hydrogens is 483 g/mol. The number of pyridine rings is 1. The second-order valence-electron chi connectivity index (χ2n) is 8.21. The summed E-state index contributed by atoms with van der Waals surface area (Å²) in [4.78, 5) is 4.55. The van der Waals surface area contributed by atoms with Gasteiger partial charge in [0.05, 0.1) is 24.9 Å². The lowest BCUT2D eigenvalue weighted by Crippen LogP contribution is -2.30. The zero-order valence-electron chi connectivity index (χ0n) is 17.9. The molecule has 0 N–H and O–H groups in total. The van der Waals surface area contributed by atoms with Crippen LogP contribution in [0.25, 0.3) is 10.9 Å². The second kappa shape index (κ2) is 8.42. The highest BCUT2D eigenvalue weighted by atomic mass is 127. The molecular formula is C26H27IN2O. The fraction of sp³-hybridized carbons (Fsp3) is 0.269. The number of nitrogens with zero attached hydrogens (tertiary/aromatic N) is 2. The van der Waals surface area contributed by atoms with E-state index in [4.69, 9.17) is 4.74 Å². The lowest BCUT2D eigenvalue weighted by molar-refractivity contribution is 0.407. The monoisotopic (exact) mass is 510 g/mol. The fourth-order valence-corrected chi connectivity index (χ4v) is 4.65. The van der Waals surface area contributed by atoms with E-state index in [9.17, 15) is 0 Å². The summed E-state index contributed by atoms with van der Waals surface area (Å²) >= 11 is 2.37. The molecule has 0 aliphatic carbocycles. The average Bonchev–Trinajstić information content (AvgIpc) is 3.13. The zero-order valence-corrected chi connectivity index (χ0v) is 20.1. The maximum absolute atomic E-state index is 5.77. The van der Waals surface area contributed by atoms with Crippen LogP contribution < -0.4 is 4.74 Å². The molecule has 0 bridgehead atoms. The van der Waals surface area contributed by atoms with E-state index >= 15 is 0 Å². The van der Waals surface area contributed by atoms with E-state index in [0.29, 0.717) is 12.5 Å². The van der Waals surface area contributed by atoms with Crippen LogP contribution in [0.4, 0.5) is 0 Å². The summed E-state index contributed by atoms with van der Waals surface area (Å²) in [5.74, 6) is 1.31. The van der Waals surface area contributed by atoms with Gasteiger partial charge in [-0.05, 0) is 70.0 Å². The van der Waals surface area contributed by atoms with Gasteiger partial charge in [-0.2, -0.15) is 0 Å². The lowest BCUT2D eigenvalue weighted by Gasteiger charge is -2.35. The van der Waals surface area contributed by atoms with Crippen LogP contribution in [0.1, 0.15) is 37.6 Å². The number of halogens is 1. The molecule has 4 rings (SSSR count). The Hall–Kier alpha value is -2.34. The summed E-state index contributed by atoms with van der Waals surface area (Å²) < 4.78 is 9.31. The molecule has 0 saturated heterocycles. The third kappa shape index (κ3) is 3.62. The SMILES string of the molecule is COc1cccc2c(C(C)(c3ccc(I)cc3)C(C)C)cn(Cc3ccccn3)c12. The van der Waals surface area contributed by atoms with Crippen molar-refractivity contribution in [3.63, 3.8) is 0 Å². The fourth-order valence-electron chi connectivity index (χ4n) is 4.29. The van der Waals surface area contributed by atoms with Crippen molar-refractivity contribution in [3.05, 3.63) is 93.4 Å². The molecule has 2 aromatic carbocycles. The van der Waals surface area contributed by atoms with Crippen molar-refractivity contribution in [2.45, 2.75) is 32.7 Å². The Morgan fingerprint density at radius 1 is 1.03 bits per heavy atom. The summed E-state index contributed by atoms with van der Waals surface area (Å²) in [6.45, 7) is 7.68. The van der Waals surface area contributed by atoms with Gasteiger partial charge in [-0.1, -0.05) is 51.1 Å². The summed E-state index contributed by atoms with van der Waals surface area (Å²) in [5.41, 5.74) is 4.68. The topological polar surface area (TPSA) is 27.1 Å². The van der Waals surface area contributed by atoms with Gasteiger partial charge in [0.2, 0.25) is 0 Å². The minimum atomic E-state index is -0.135. The van der Waals surface area contributed by atoms with Gasteiger partial charge in [0.1, 0.15) is 5.75 Å². The Labute approximate surface area is 192 Å². The van der Waals surface area contributed by atoms with Gasteiger partial charge in [-0.15, -0.1) is 0 Å². The second-order valence-corrected chi connectivity index (χ2v) is 9.46. The quantitative estimate of drug-likeness (QED) is 0.271. The maximum Gasteiger partial charge on any atom is 0.143 e. The zero-order chi connectivity index (χ0) is 21.3. The van der Waals surface area contributed by atoms with Crippen LogP contribution >= 0.6 is 22.6 Å². The molecule has 0 aliphatic heterocycles. The van der Waals surface area contributed by atoms with E-state index in [1.807, 2.05) is 24.4 Å². The molecule has 0 spiro atoms. The molecule has 1 atom stereocenters. The summed E-state index contributed by atoms with van der Waals surface area (Å²) in [7, 11) is 1.74. The van der Waals surface area contributed by atoms with Crippen LogP contribution in [0, 0.1) is 9.49 Å². The molecule has 2 aromatic heterocycles. The predicted octanol–water partition coefficient (Wildman–Crippen LogP) is 6.66. The highest BCUT2D eigenvalue weighted by Crippen LogP contribution is 2.44. The number of ether oxygens (including phenoxy) is 1. The van der Waals surface area contributed by atoms with Crippen molar-refractivity contribution >= 4 is 33.5 Å². The van der Waals surface area contributed by atoms with E-state index < -0.39 is 0 Å². The van der Waals surface area contributed by atoms with Gasteiger partial charge in [-0.25, -0.2) is 0 Å². The van der Waals surface area contributed by atoms with E-state index in [1.165, 1.54) is 20.1 Å². The minimum absolute atomic E-state index is 0.135. The molecule has 0 aliphatic rings. The third-order valence-corrected chi connectivity index (χ3v) is 7.02. The van der Waals surface area contributed by atoms with E-state index in [-0.39, 0.29) is 5.41 Å². The van der Waals surface area contributed by atoms with E-state index in [0.717, 1.165) is 17.0 Å². The highest BCUT2D eigenvalue weighted by Gasteiger charge is 2.35. The van der Waals surface area contributed by atoms with E-state index in [2.05, 4.69) is 102 Å². The first-order chi connectivity index (χ1) is 14.4. The van der Waals surface area contributed by atoms with Gasteiger partial charge in [0.25, 0.3) is 0 Å². The van der Waals surface area contributed by atoms with Crippen molar-refractivity contribution in [3.8, 4) is 5.75 Å². The Kier molecular flexibility index (Phi) is 5.87. The van der Waals surface area contributed by atoms with Crippen LogP contribution in [0.3, 0.4) is 0 Å². The molecule has 3 nitrogen and oxygen atoms in total. The highest BCUT2D eigenvalue weighted by molar-refractivity contribution is 14.1. The Morgan fingerprint density at radius 3 is 2.43 bits per heavy atom. The molecule has 30 heavy (non-hydrogen) atoms. The first-order valence-electron chi connectivity index (χ1n) is 10.3. The molecule has 4 heteroatoms. The largest absolute Gasteiger partial charge is 0.495 e. The molecule has 154 valence electrons. The van der Waals surface area contributed by atoms with Gasteiger partial charge in [-0.3, -0.25) is 4.98 Å². The number of methoxy groups -OCH3 is 1. The van der Waals surface area contributed by atoms with Crippen molar-refractivity contribution in [1.82, 2.24) is 9.55 Å². The number of para-hydroxylation sites is 1. The summed E-state index contributed by atoms with van der Waals surface area (Å²) in [5, 5.41) is 1.24. The third-order valence-electron chi connectivity index (χ3n) is 6.30. The van der Waals surface area contributed by atoms with Crippen molar-refractivity contribution in [2.24, 2.45) is 5.92 Å². The summed E-state index contributed by atoms with van der Waals surface area (Å²) in [6, 6.07) is 21.3. The minimum Gasteiger partial charge on any atom is -0.495 e. The molecule has 4 aromatic rings. The van der Waals surface area contributed by atoms with Crippen LogP contribution in [-0.2, 0) is 12.0 Å². The first kappa shape index (κ1) is 20.9. The molecule has 0 radical (unpaired) electrons. The Balaban J connectivity index is 1.97. The molecule has 0 amide bonds. The standard InChI is InChI=1S/C26H27IN2O/c1-18(2)26(3,19-11-13-20(27)14-12-19)23-17-29(16-21-8-5-6-15-28-21)25-22(23)9-7-10-24(25)30-4/h5-15,17-18H,16H2,1-4H3. The molecule has 1 unspecified atom stereocenters. The Bertz CT molecular complexity index is 1150. The van der Waals surface area contributed by atoms with Crippen LogP contribution in [0.15, 0.2) is 73.1 Å². The average molecular weight is 510 g/mol. The summed E-state index contributed by atoms with van der Waals surface area (Å²) in [6.07, 6.45) is 4.16. The maximum atomic E-state index is 5.77. The normalized spacial score (nSPS) is 13.5. The number of aromatic nitrogens is 2. The number of hydrogen-bond donors (Lipinski definition) is 0. The lowest BCUT2D eigenvalue weighted by atomic mass is 9.68. The van der Waals surface area contributed by atoms with Gasteiger partial charge in [0.15, 0.2) is 0 Å². The number of benzene rings is 2. The number of rotatable bonds is 6. The van der Waals surface area contributed by atoms with Crippen LogP contribution in [0.2, 0.25) is 0 Å². The van der Waals surface area contributed by atoms with Crippen molar-refractivity contribution in [2.75, 3.05) is 7.11 Å². The number of hydrogen-bond acceptors (Lipinski definition) is 2. The van der Waals surface area contributed by atoms with Crippen LogP contribution in [-0.4, -0.2) is 16.7 Å².